The van der Waals surface area contributed by atoms with Crippen molar-refractivity contribution in [1.29, 1.82) is 0 Å². The van der Waals surface area contributed by atoms with Crippen LogP contribution in [0.2, 0.25) is 0 Å². The highest BCUT2D eigenvalue weighted by atomic mass is 15.2. The predicted octanol–water partition coefficient (Wildman–Crippen LogP) is -2.14. The Balaban J connectivity index is 1.76. The molecule has 1 aliphatic heterocycles. The van der Waals surface area contributed by atoms with E-state index in [-0.39, 0.29) is 14.1 Å². The van der Waals surface area contributed by atoms with Crippen molar-refractivity contribution >= 4 is 27.1 Å². The van der Waals surface area contributed by atoms with Crippen LogP contribution >= 0.6 is 0 Å². The van der Waals surface area contributed by atoms with Gasteiger partial charge in [-0.15, -0.1) is 0 Å². The molecule has 0 aliphatic carbocycles. The second-order valence-electron chi connectivity index (χ2n) is 4.42. The van der Waals surface area contributed by atoms with Crippen LogP contribution in [0.1, 0.15) is 0 Å². The summed E-state index contributed by atoms with van der Waals surface area (Å²) in [7, 11) is 3.95. The molecule has 3 rings (SSSR count). The Hall–Kier alpha value is -1.50. The maximum absolute atomic E-state index is 3.50. The van der Waals surface area contributed by atoms with Crippen molar-refractivity contribution in [1.82, 2.24) is 20.0 Å². The second kappa shape index (κ2) is 5.01. The highest BCUT2D eigenvalue weighted by Crippen LogP contribution is 1.86. The number of benzene rings is 1. The van der Waals surface area contributed by atoms with Crippen molar-refractivity contribution in [3.63, 3.8) is 0 Å². The van der Waals surface area contributed by atoms with Crippen LogP contribution in [0.15, 0.2) is 49.1 Å². The summed E-state index contributed by atoms with van der Waals surface area (Å²) in [6.07, 6.45) is 6.08. The molecule has 8 heteroatoms. The predicted molar refractivity (Wildman–Crippen MR) is 73.8 cm³/mol. The Morgan fingerprint density at radius 1 is 1.22 bits per heavy atom. The molecule has 0 amide bonds. The molecular weight excluding hydrogens is 223 g/mol. The molecule has 1 aromatic heterocycles. The van der Waals surface area contributed by atoms with Crippen molar-refractivity contribution in [3.8, 4) is 0 Å². The van der Waals surface area contributed by atoms with Crippen molar-refractivity contribution in [2.24, 2.45) is 7.05 Å². The normalized spacial score (nSPS) is 15.6. The van der Waals surface area contributed by atoms with Crippen LogP contribution in [-0.4, -0.2) is 26.2 Å². The van der Waals surface area contributed by atoms with Crippen LogP contribution in [-0.2, 0) is 7.05 Å². The molecule has 1 saturated heterocycles. The van der Waals surface area contributed by atoms with Gasteiger partial charge in [0.1, 0.15) is 12.4 Å². The van der Waals surface area contributed by atoms with Gasteiger partial charge in [-0.3, -0.25) is 4.48 Å². The number of imidazole rings is 1. The Kier molecular flexibility index (Phi) is 3.23. The van der Waals surface area contributed by atoms with Gasteiger partial charge in [-0.25, -0.2) is 4.57 Å². The number of aryl methyl sites for hydroxylation is 1. The average molecular weight is 237 g/mol. The summed E-state index contributed by atoms with van der Waals surface area (Å²) in [4.78, 5) is 0. The molecule has 2 aromatic rings. The largest absolute Gasteiger partial charge is 0.538 e. The highest BCUT2D eigenvalue weighted by molar-refractivity contribution is 6.85. The summed E-state index contributed by atoms with van der Waals surface area (Å²) in [5.41, 5.74) is 1.22. The van der Waals surface area contributed by atoms with E-state index in [1.54, 1.807) is 0 Å². The Morgan fingerprint density at radius 3 is 2.78 bits per heavy atom. The molecule has 0 unspecified atom stereocenters. The fourth-order valence-electron chi connectivity index (χ4n) is 2.10. The van der Waals surface area contributed by atoms with E-state index in [1.165, 1.54) is 5.46 Å². The number of aromatic nitrogens is 2. The average Bonchev–Trinajstić information content (AvgIpc) is 2.87. The van der Waals surface area contributed by atoms with Gasteiger partial charge in [0, 0.05) is 0 Å². The molecule has 1 radical (unpaired) electrons. The van der Waals surface area contributed by atoms with Crippen LogP contribution in [0.25, 0.3) is 0 Å². The smallest absolute Gasteiger partial charge is 0.371 e. The van der Waals surface area contributed by atoms with E-state index in [0.29, 0.717) is 0 Å². The lowest BCUT2D eigenvalue weighted by atomic mass is 9.57. The summed E-state index contributed by atoms with van der Waals surface area (Å²) in [5.74, 6) is 0. The van der Waals surface area contributed by atoms with Crippen LogP contribution in [0.5, 0.6) is 0 Å². The molecule has 1 fully saturated rings. The van der Waals surface area contributed by atoms with Crippen molar-refractivity contribution in [2.75, 3.05) is 0 Å². The summed E-state index contributed by atoms with van der Waals surface area (Å²) >= 11 is 0. The molecule has 5 nitrogen and oxygen atoms in total. The van der Waals surface area contributed by atoms with Crippen molar-refractivity contribution < 1.29 is 4.48 Å². The zero-order valence-corrected chi connectivity index (χ0v) is 10.2. The first-order valence-electron chi connectivity index (χ1n) is 6.00. The molecule has 87 valence electrons. The third kappa shape index (κ3) is 2.36. The molecule has 18 heavy (non-hydrogen) atoms. The lowest BCUT2D eigenvalue weighted by molar-refractivity contribution is -0.540. The lowest BCUT2D eigenvalue weighted by Gasteiger charge is -2.24. The van der Waals surface area contributed by atoms with Gasteiger partial charge < -0.3 is 15.4 Å². The van der Waals surface area contributed by atoms with Crippen LogP contribution in [0.3, 0.4) is 0 Å². The van der Waals surface area contributed by atoms with Gasteiger partial charge in [0.25, 0.3) is 7.55 Å². The number of rotatable bonds is 2. The monoisotopic (exact) mass is 237 g/mol. The van der Waals surface area contributed by atoms with Gasteiger partial charge in [0.15, 0.2) is 0 Å². The molecule has 0 atom stereocenters. The van der Waals surface area contributed by atoms with Gasteiger partial charge in [-0.2, -0.15) is 0 Å². The summed E-state index contributed by atoms with van der Waals surface area (Å²) in [5, 5.41) is 10.0. The van der Waals surface area contributed by atoms with Gasteiger partial charge in [0.05, 0.1) is 7.05 Å². The van der Waals surface area contributed by atoms with E-state index < -0.39 is 0 Å². The maximum atomic E-state index is 3.50. The Labute approximate surface area is 108 Å². The van der Waals surface area contributed by atoms with Crippen LogP contribution in [0, 0.1) is 0 Å². The van der Waals surface area contributed by atoms with Crippen molar-refractivity contribution in [2.45, 2.75) is 0 Å². The van der Waals surface area contributed by atoms with Gasteiger partial charge in [0.2, 0.25) is 6.33 Å². The lowest BCUT2D eigenvalue weighted by Crippen LogP contribution is -2.81. The number of hydrogen-bond donors (Lipinski definition) is 3. The third-order valence-corrected chi connectivity index (χ3v) is 3.04. The quantitative estimate of drug-likeness (QED) is 0.522. The molecule has 1 aromatic carbocycles. The summed E-state index contributed by atoms with van der Waals surface area (Å²) < 4.78 is 4.11. The van der Waals surface area contributed by atoms with E-state index in [4.69, 9.17) is 0 Å². The fourth-order valence-corrected chi connectivity index (χ4v) is 2.10. The molecule has 0 saturated carbocycles. The maximum Gasteiger partial charge on any atom is 0.538 e. The van der Waals surface area contributed by atoms with E-state index >= 15 is 0 Å². The number of nitrogens with one attached hydrogen (secondary N) is 3. The highest BCUT2D eigenvalue weighted by Gasteiger charge is 2.35. The van der Waals surface area contributed by atoms with E-state index in [9.17, 15) is 0 Å². The molecular formula is C10H14B3N5+. The summed E-state index contributed by atoms with van der Waals surface area (Å²) in [6.45, 7) is 0.116. The van der Waals surface area contributed by atoms with Crippen LogP contribution < -0.4 is 25.4 Å². The molecule has 0 spiro atoms. The van der Waals surface area contributed by atoms with Gasteiger partial charge in [-0.05, 0) is 5.46 Å². The molecule has 2 heterocycles. The van der Waals surface area contributed by atoms with E-state index in [0.717, 1.165) is 0 Å². The van der Waals surface area contributed by atoms with E-state index in [2.05, 4.69) is 32.0 Å². The molecule has 3 N–H and O–H groups in total. The number of nitrogens with zero attached hydrogens (tertiary/aromatic N) is 2. The topological polar surface area (TPSA) is 44.9 Å². The zero-order chi connectivity index (χ0) is 12.4. The van der Waals surface area contributed by atoms with Gasteiger partial charge >= 0.3 is 14.1 Å². The van der Waals surface area contributed by atoms with Crippen LogP contribution in [0.4, 0.5) is 0 Å². The summed E-state index contributed by atoms with van der Waals surface area (Å²) in [6, 6.07) is 10.3. The first-order valence-corrected chi connectivity index (χ1v) is 6.00. The minimum absolute atomic E-state index is 0.0534. The van der Waals surface area contributed by atoms with Gasteiger partial charge in [-0.1, -0.05) is 30.3 Å². The number of hydrogen-bond acceptors (Lipinski definition) is 3. The minimum atomic E-state index is 0.0534. The standard InChI is InChI=1S/C10H14B3N5/c1-17-7-8-18(9-17)13-15-11-14-12(16-13)10-5-3-2-4-6-10/h2-9,14-16H,1H3/q+1. The van der Waals surface area contributed by atoms with Crippen molar-refractivity contribution in [3.05, 3.63) is 49.1 Å². The first kappa shape index (κ1) is 11.6. The molecule has 1 aliphatic rings. The third-order valence-electron chi connectivity index (χ3n) is 3.04. The molecule has 0 bridgehead atoms. The second-order valence-corrected chi connectivity index (χ2v) is 4.42. The van der Waals surface area contributed by atoms with E-state index in [1.807, 2.05) is 56.1 Å². The minimum Gasteiger partial charge on any atom is -0.371 e. The SMILES string of the molecule is Cn1cc[n+](B2N[B]NB(c3ccccc3)N2)c1. The first-order chi connectivity index (χ1) is 8.83. The zero-order valence-electron chi connectivity index (χ0n) is 10.2. The fraction of sp³-hybridized carbons (Fsp3) is 0.100. The Morgan fingerprint density at radius 2 is 2.06 bits per heavy atom. The Bertz CT molecular complexity index is 517.